The van der Waals surface area contributed by atoms with Crippen LogP contribution >= 0.6 is 23.2 Å². The fourth-order valence-corrected chi connectivity index (χ4v) is 1.36. The van der Waals surface area contributed by atoms with Crippen LogP contribution in [0.1, 0.15) is 18.4 Å². The quantitative estimate of drug-likeness (QED) is 0.656. The number of nitrogens with zero attached hydrogens (tertiary/aromatic N) is 1. The van der Waals surface area contributed by atoms with E-state index in [1.807, 2.05) is 6.92 Å². The van der Waals surface area contributed by atoms with Gasteiger partial charge in [0.25, 0.3) is 0 Å². The number of aryl methyl sites for hydroxylation is 1. The van der Waals surface area contributed by atoms with Gasteiger partial charge in [-0.1, -0.05) is 11.6 Å². The highest BCUT2D eigenvalue weighted by atomic mass is 35.5. The molecule has 0 atom stereocenters. The number of aromatic nitrogens is 1. The number of carbonyl (C=O) groups excluding carboxylic acids is 1. The van der Waals surface area contributed by atoms with Crippen LogP contribution in [-0.2, 0) is 4.79 Å². The predicted molar refractivity (Wildman–Crippen MR) is 62.6 cm³/mol. The lowest BCUT2D eigenvalue weighted by Gasteiger charge is -2.06. The lowest BCUT2D eigenvalue weighted by molar-refractivity contribution is -0.116. The Labute approximate surface area is 98.8 Å². The summed E-state index contributed by atoms with van der Waals surface area (Å²) in [5.41, 5.74) is 1.50. The minimum absolute atomic E-state index is 0.0926. The molecule has 0 saturated heterocycles. The van der Waals surface area contributed by atoms with Crippen LogP contribution in [-0.4, -0.2) is 16.8 Å². The average molecular weight is 247 g/mol. The molecule has 3 nitrogen and oxygen atoms in total. The van der Waals surface area contributed by atoms with Gasteiger partial charge in [0.1, 0.15) is 0 Å². The van der Waals surface area contributed by atoms with E-state index in [2.05, 4.69) is 10.3 Å². The van der Waals surface area contributed by atoms with Crippen LogP contribution in [0, 0.1) is 6.92 Å². The van der Waals surface area contributed by atoms with Gasteiger partial charge in [-0.25, -0.2) is 4.98 Å². The zero-order valence-electron chi connectivity index (χ0n) is 8.39. The maximum Gasteiger partial charge on any atom is 0.224 e. The zero-order chi connectivity index (χ0) is 11.3. The summed E-state index contributed by atoms with van der Waals surface area (Å²) in [4.78, 5) is 15.3. The van der Waals surface area contributed by atoms with Crippen molar-refractivity contribution < 1.29 is 4.79 Å². The van der Waals surface area contributed by atoms with Gasteiger partial charge in [0.15, 0.2) is 5.15 Å². The molecule has 1 rings (SSSR count). The molecule has 1 aromatic rings. The number of hydrogen-bond acceptors (Lipinski definition) is 2. The Morgan fingerprint density at radius 1 is 1.60 bits per heavy atom. The molecule has 0 fully saturated rings. The molecule has 0 bridgehead atoms. The van der Waals surface area contributed by atoms with Crippen molar-refractivity contribution in [3.63, 3.8) is 0 Å². The zero-order valence-corrected chi connectivity index (χ0v) is 9.90. The van der Waals surface area contributed by atoms with Crippen LogP contribution < -0.4 is 5.32 Å². The van der Waals surface area contributed by atoms with Gasteiger partial charge in [0.05, 0.1) is 5.69 Å². The normalized spacial score (nSPS) is 10.1. The summed E-state index contributed by atoms with van der Waals surface area (Å²) < 4.78 is 0. The first kappa shape index (κ1) is 12.3. The highest BCUT2D eigenvalue weighted by Gasteiger charge is 2.06. The number of carbonyl (C=O) groups is 1. The minimum Gasteiger partial charge on any atom is -0.323 e. The summed E-state index contributed by atoms with van der Waals surface area (Å²) in [5, 5.41) is 3.00. The second kappa shape index (κ2) is 5.93. The van der Waals surface area contributed by atoms with Crippen molar-refractivity contribution in [3.05, 3.63) is 23.0 Å². The summed E-state index contributed by atoms with van der Waals surface area (Å²) in [7, 11) is 0. The first-order chi connectivity index (χ1) is 7.13. The summed E-state index contributed by atoms with van der Waals surface area (Å²) in [6.45, 7) is 1.89. The van der Waals surface area contributed by atoms with E-state index >= 15 is 0 Å². The Bertz CT molecular complexity index is 355. The van der Waals surface area contributed by atoms with Gasteiger partial charge >= 0.3 is 0 Å². The molecule has 0 aromatic carbocycles. The lowest BCUT2D eigenvalue weighted by atomic mass is 10.2. The smallest absolute Gasteiger partial charge is 0.224 e. The van der Waals surface area contributed by atoms with E-state index in [0.717, 1.165) is 5.56 Å². The second-order valence-corrected chi connectivity index (χ2v) is 3.93. The van der Waals surface area contributed by atoms with Crippen molar-refractivity contribution in [2.45, 2.75) is 19.8 Å². The third-order valence-corrected chi connectivity index (χ3v) is 2.36. The van der Waals surface area contributed by atoms with Gasteiger partial charge < -0.3 is 5.32 Å². The van der Waals surface area contributed by atoms with Crippen molar-refractivity contribution in [1.82, 2.24) is 4.98 Å². The van der Waals surface area contributed by atoms with Gasteiger partial charge in [-0.2, -0.15) is 0 Å². The molecule has 0 spiro atoms. The van der Waals surface area contributed by atoms with Gasteiger partial charge in [0, 0.05) is 18.5 Å². The Hall–Kier alpha value is -0.800. The highest BCUT2D eigenvalue weighted by molar-refractivity contribution is 6.32. The highest BCUT2D eigenvalue weighted by Crippen LogP contribution is 2.19. The van der Waals surface area contributed by atoms with E-state index in [-0.39, 0.29) is 5.91 Å². The van der Waals surface area contributed by atoms with Crippen molar-refractivity contribution in [1.29, 1.82) is 0 Å². The molecule has 82 valence electrons. The van der Waals surface area contributed by atoms with Gasteiger partial charge in [-0.15, -0.1) is 11.6 Å². The molecule has 5 heteroatoms. The topological polar surface area (TPSA) is 42.0 Å². The monoisotopic (exact) mass is 246 g/mol. The number of anilines is 1. The van der Waals surface area contributed by atoms with Gasteiger partial charge in [0.2, 0.25) is 5.91 Å². The average Bonchev–Trinajstić information content (AvgIpc) is 2.20. The van der Waals surface area contributed by atoms with Crippen LogP contribution in [0.15, 0.2) is 12.3 Å². The number of nitrogens with one attached hydrogen (secondary N) is 1. The number of pyridine rings is 1. The molecule has 0 aliphatic carbocycles. The molecule has 0 radical (unpaired) electrons. The fourth-order valence-electron chi connectivity index (χ4n) is 1.08. The molecule has 15 heavy (non-hydrogen) atoms. The van der Waals surface area contributed by atoms with Crippen LogP contribution in [0.5, 0.6) is 0 Å². The van der Waals surface area contributed by atoms with Crippen LogP contribution in [0.3, 0.4) is 0 Å². The van der Waals surface area contributed by atoms with Gasteiger partial charge in [-0.05, 0) is 25.0 Å². The van der Waals surface area contributed by atoms with Crippen LogP contribution in [0.2, 0.25) is 5.15 Å². The number of halogens is 2. The number of rotatable bonds is 4. The lowest BCUT2D eigenvalue weighted by Crippen LogP contribution is -2.12. The standard InChI is InChI=1S/C10H12Cl2N2O/c1-7-5-8(10(12)13-6-7)14-9(15)3-2-4-11/h5-6H,2-4H2,1H3,(H,14,15). The molecule has 0 aliphatic heterocycles. The van der Waals surface area contributed by atoms with Crippen LogP contribution in [0.4, 0.5) is 5.69 Å². The predicted octanol–water partition coefficient (Wildman–Crippen LogP) is 3.00. The third-order valence-electron chi connectivity index (χ3n) is 1.79. The maximum atomic E-state index is 11.4. The summed E-state index contributed by atoms with van der Waals surface area (Å²) >= 11 is 11.3. The largest absolute Gasteiger partial charge is 0.323 e. The molecule has 1 aromatic heterocycles. The molecule has 1 N–H and O–H groups in total. The Morgan fingerprint density at radius 2 is 2.33 bits per heavy atom. The number of alkyl halides is 1. The van der Waals surface area contributed by atoms with Crippen molar-refractivity contribution in [2.75, 3.05) is 11.2 Å². The Kier molecular flexibility index (Phi) is 4.85. The Morgan fingerprint density at radius 3 is 3.00 bits per heavy atom. The number of amides is 1. The third kappa shape index (κ3) is 4.06. The first-order valence-electron chi connectivity index (χ1n) is 4.61. The molecular formula is C10H12Cl2N2O. The second-order valence-electron chi connectivity index (χ2n) is 3.19. The van der Waals surface area contributed by atoms with E-state index in [1.165, 1.54) is 0 Å². The van der Waals surface area contributed by atoms with Crippen molar-refractivity contribution in [2.24, 2.45) is 0 Å². The van der Waals surface area contributed by atoms with E-state index < -0.39 is 0 Å². The molecule has 1 heterocycles. The Balaban J connectivity index is 2.63. The summed E-state index contributed by atoms with van der Waals surface area (Å²) in [6, 6.07) is 1.79. The van der Waals surface area contributed by atoms with E-state index in [0.29, 0.717) is 29.6 Å². The van der Waals surface area contributed by atoms with Gasteiger partial charge in [-0.3, -0.25) is 4.79 Å². The fraction of sp³-hybridized carbons (Fsp3) is 0.400. The maximum absolute atomic E-state index is 11.4. The first-order valence-corrected chi connectivity index (χ1v) is 5.52. The van der Waals surface area contributed by atoms with E-state index in [1.54, 1.807) is 12.3 Å². The molecule has 0 saturated carbocycles. The summed E-state index contributed by atoms with van der Waals surface area (Å²) in [5.74, 6) is 0.387. The molecular weight excluding hydrogens is 235 g/mol. The van der Waals surface area contributed by atoms with E-state index in [4.69, 9.17) is 23.2 Å². The van der Waals surface area contributed by atoms with Crippen molar-refractivity contribution in [3.8, 4) is 0 Å². The molecule has 1 amide bonds. The summed E-state index contributed by atoms with van der Waals surface area (Å²) in [6.07, 6.45) is 2.70. The minimum atomic E-state index is -0.0926. The molecule has 0 aliphatic rings. The SMILES string of the molecule is Cc1cnc(Cl)c(NC(=O)CCCCl)c1. The van der Waals surface area contributed by atoms with Crippen LogP contribution in [0.25, 0.3) is 0 Å². The molecule has 0 unspecified atom stereocenters. The van der Waals surface area contributed by atoms with Crippen molar-refractivity contribution >= 4 is 34.8 Å². The van der Waals surface area contributed by atoms with E-state index in [9.17, 15) is 4.79 Å². The number of hydrogen-bond donors (Lipinski definition) is 1.